The molecule has 0 aliphatic rings. The Kier molecular flexibility index (Phi) is 6.84. The van der Waals surface area contributed by atoms with Crippen molar-refractivity contribution >= 4 is 33.6 Å². The van der Waals surface area contributed by atoms with Gasteiger partial charge in [0.2, 0.25) is 11.8 Å². The highest BCUT2D eigenvalue weighted by atomic mass is 79.9. The first kappa shape index (κ1) is 21.3. The number of halogens is 1. The topological polar surface area (TPSA) is 68.0 Å². The molecule has 156 valence electrons. The Morgan fingerprint density at radius 1 is 0.935 bits per heavy atom. The highest BCUT2D eigenvalue weighted by molar-refractivity contribution is 9.10. The first-order valence-electron chi connectivity index (χ1n) is 9.76. The first-order chi connectivity index (χ1) is 15.1. The number of thioether (sulfide) groups is 1. The predicted molar refractivity (Wildman–Crippen MR) is 126 cm³/mol. The van der Waals surface area contributed by atoms with Gasteiger partial charge in [-0.05, 0) is 36.2 Å². The van der Waals surface area contributed by atoms with Crippen LogP contribution in [-0.4, -0.2) is 21.4 Å². The molecular weight excluding hydrogens is 474 g/mol. The van der Waals surface area contributed by atoms with Gasteiger partial charge in [0.1, 0.15) is 0 Å². The lowest BCUT2D eigenvalue weighted by molar-refractivity contribution is -0.120. The van der Waals surface area contributed by atoms with Crippen LogP contribution in [-0.2, 0) is 4.79 Å². The summed E-state index contributed by atoms with van der Waals surface area (Å²) in [5, 5.41) is 11.3. The number of carbonyl (C=O) groups excluding carboxylic acids is 1. The second-order valence-corrected chi connectivity index (χ2v) is 9.11. The summed E-state index contributed by atoms with van der Waals surface area (Å²) >= 11 is 4.68. The van der Waals surface area contributed by atoms with Crippen molar-refractivity contribution in [2.45, 2.75) is 23.4 Å². The fourth-order valence-electron chi connectivity index (χ4n) is 3.11. The van der Waals surface area contributed by atoms with Crippen LogP contribution in [0.3, 0.4) is 0 Å². The highest BCUT2D eigenvalue weighted by Gasteiger charge is 2.23. The van der Waals surface area contributed by atoms with Gasteiger partial charge in [0.25, 0.3) is 5.22 Å². The fraction of sp³-hybridized carbons (Fsp3) is 0.125. The third kappa shape index (κ3) is 5.42. The molecule has 1 unspecified atom stereocenters. The second-order valence-electron chi connectivity index (χ2n) is 6.91. The van der Waals surface area contributed by atoms with Gasteiger partial charge >= 0.3 is 0 Å². The van der Waals surface area contributed by atoms with Gasteiger partial charge in [0.15, 0.2) is 0 Å². The lowest BCUT2D eigenvalue weighted by Crippen LogP contribution is -2.34. The minimum atomic E-state index is -0.411. The van der Waals surface area contributed by atoms with Crippen molar-refractivity contribution in [3.63, 3.8) is 0 Å². The zero-order valence-electron chi connectivity index (χ0n) is 16.7. The van der Waals surface area contributed by atoms with Crippen molar-refractivity contribution in [2.24, 2.45) is 0 Å². The number of hydrogen-bond acceptors (Lipinski definition) is 5. The zero-order valence-corrected chi connectivity index (χ0v) is 19.1. The summed E-state index contributed by atoms with van der Waals surface area (Å²) in [5.41, 5.74) is 2.86. The zero-order chi connectivity index (χ0) is 21.6. The normalized spacial score (nSPS) is 12.0. The molecule has 31 heavy (non-hydrogen) atoms. The Hall–Kier alpha value is -2.90. The van der Waals surface area contributed by atoms with Gasteiger partial charge in [-0.15, -0.1) is 10.2 Å². The maximum Gasteiger partial charge on any atom is 0.277 e. The van der Waals surface area contributed by atoms with Gasteiger partial charge in [0.05, 0.1) is 11.3 Å². The quantitative estimate of drug-likeness (QED) is 0.325. The van der Waals surface area contributed by atoms with E-state index in [0.29, 0.717) is 11.1 Å². The van der Waals surface area contributed by atoms with Crippen LogP contribution in [0.1, 0.15) is 24.1 Å². The lowest BCUT2D eigenvalue weighted by atomic mass is 9.98. The number of nitrogens with one attached hydrogen (secondary N) is 1. The summed E-state index contributed by atoms with van der Waals surface area (Å²) in [7, 11) is 0. The molecule has 0 fully saturated rings. The number of rotatable bonds is 7. The van der Waals surface area contributed by atoms with Gasteiger partial charge < -0.3 is 9.73 Å². The molecule has 3 aromatic carbocycles. The van der Waals surface area contributed by atoms with E-state index >= 15 is 0 Å². The first-order valence-corrected chi connectivity index (χ1v) is 11.4. The molecule has 0 spiro atoms. The van der Waals surface area contributed by atoms with Crippen LogP contribution in [0.25, 0.3) is 11.5 Å². The van der Waals surface area contributed by atoms with Crippen molar-refractivity contribution in [1.29, 1.82) is 0 Å². The molecule has 0 saturated heterocycles. The summed E-state index contributed by atoms with van der Waals surface area (Å²) in [6.45, 7) is 1.83. The molecule has 1 amide bonds. The van der Waals surface area contributed by atoms with E-state index in [9.17, 15) is 4.79 Å². The third-order valence-corrected chi connectivity index (χ3v) is 6.10. The number of benzene rings is 3. The molecule has 1 N–H and O–H groups in total. The maximum atomic E-state index is 13.0. The van der Waals surface area contributed by atoms with Gasteiger partial charge in [0, 0.05) is 10.0 Å². The molecule has 0 saturated carbocycles. The van der Waals surface area contributed by atoms with E-state index in [1.54, 1.807) is 0 Å². The summed E-state index contributed by atoms with van der Waals surface area (Å²) in [6, 6.07) is 27.2. The Labute approximate surface area is 193 Å². The van der Waals surface area contributed by atoms with E-state index in [1.807, 2.05) is 91.9 Å². The van der Waals surface area contributed by atoms with E-state index < -0.39 is 5.25 Å². The van der Waals surface area contributed by atoms with Crippen LogP contribution < -0.4 is 5.32 Å². The summed E-state index contributed by atoms with van der Waals surface area (Å²) in [5.74, 6) is 0.313. The van der Waals surface area contributed by atoms with Crippen LogP contribution in [0.4, 0.5) is 0 Å². The van der Waals surface area contributed by atoms with Gasteiger partial charge in [-0.2, -0.15) is 0 Å². The molecule has 1 aromatic heterocycles. The molecule has 0 aliphatic heterocycles. The predicted octanol–water partition coefficient (Wildman–Crippen LogP) is 5.89. The highest BCUT2D eigenvalue weighted by Crippen LogP contribution is 2.28. The van der Waals surface area contributed by atoms with Crippen LogP contribution >= 0.6 is 27.7 Å². The van der Waals surface area contributed by atoms with Crippen molar-refractivity contribution in [3.8, 4) is 11.5 Å². The van der Waals surface area contributed by atoms with E-state index in [0.717, 1.165) is 21.2 Å². The van der Waals surface area contributed by atoms with Crippen molar-refractivity contribution in [3.05, 3.63) is 101 Å². The summed E-state index contributed by atoms with van der Waals surface area (Å²) in [6.07, 6.45) is 0. The second kappa shape index (κ2) is 9.94. The van der Waals surface area contributed by atoms with Crippen LogP contribution in [0.5, 0.6) is 0 Å². The average Bonchev–Trinajstić information content (AvgIpc) is 3.27. The Morgan fingerprint density at radius 3 is 2.19 bits per heavy atom. The van der Waals surface area contributed by atoms with Crippen molar-refractivity contribution in [2.75, 3.05) is 0 Å². The Morgan fingerprint density at radius 2 is 1.58 bits per heavy atom. The number of carbonyl (C=O) groups is 1. The average molecular weight is 494 g/mol. The monoisotopic (exact) mass is 493 g/mol. The van der Waals surface area contributed by atoms with Crippen molar-refractivity contribution in [1.82, 2.24) is 15.5 Å². The van der Waals surface area contributed by atoms with Crippen LogP contribution in [0.2, 0.25) is 0 Å². The molecule has 0 radical (unpaired) electrons. The van der Waals surface area contributed by atoms with E-state index in [1.165, 1.54) is 11.8 Å². The smallest absolute Gasteiger partial charge is 0.277 e. The van der Waals surface area contributed by atoms with E-state index in [-0.39, 0.29) is 11.9 Å². The summed E-state index contributed by atoms with van der Waals surface area (Å²) < 4.78 is 6.69. The largest absolute Gasteiger partial charge is 0.411 e. The SMILES string of the molecule is CC(Sc1nnc(-c2cccc(Br)c2)o1)C(=O)NC(c1ccccc1)c1ccccc1. The molecule has 1 atom stereocenters. The third-order valence-electron chi connectivity index (χ3n) is 4.68. The van der Waals surface area contributed by atoms with Gasteiger partial charge in [-0.3, -0.25) is 4.79 Å². The molecule has 0 bridgehead atoms. The number of aromatic nitrogens is 2. The maximum absolute atomic E-state index is 13.0. The minimum absolute atomic E-state index is 0.107. The number of amides is 1. The minimum Gasteiger partial charge on any atom is -0.411 e. The molecule has 4 rings (SSSR count). The molecule has 4 aromatic rings. The molecule has 0 aliphatic carbocycles. The van der Waals surface area contributed by atoms with E-state index in [2.05, 4.69) is 31.4 Å². The molecule has 1 heterocycles. The van der Waals surface area contributed by atoms with Crippen molar-refractivity contribution < 1.29 is 9.21 Å². The Bertz CT molecular complexity index is 1110. The van der Waals surface area contributed by atoms with Gasteiger partial charge in [-0.1, -0.05) is 94.4 Å². The molecular formula is C24H20BrN3O2S. The molecule has 5 nitrogen and oxygen atoms in total. The van der Waals surface area contributed by atoms with Crippen LogP contribution in [0, 0.1) is 0 Å². The summed E-state index contributed by atoms with van der Waals surface area (Å²) in [4.78, 5) is 13.0. The van der Waals surface area contributed by atoms with Crippen LogP contribution in [0.15, 0.2) is 99.0 Å². The molecule has 7 heteroatoms. The lowest BCUT2D eigenvalue weighted by Gasteiger charge is -2.21. The van der Waals surface area contributed by atoms with E-state index in [4.69, 9.17) is 4.42 Å². The standard InChI is InChI=1S/C24H20BrN3O2S/c1-16(31-24-28-27-23(30-24)19-13-8-14-20(25)15-19)22(29)26-21(17-9-4-2-5-10-17)18-11-6-3-7-12-18/h2-16,21H,1H3,(H,26,29). The number of nitrogens with zero attached hydrogens (tertiary/aromatic N) is 2. The van der Waals surface area contributed by atoms with Gasteiger partial charge in [-0.25, -0.2) is 0 Å². The fourth-order valence-corrected chi connectivity index (χ4v) is 4.20. The number of hydrogen-bond donors (Lipinski definition) is 1. The Balaban J connectivity index is 1.47.